The van der Waals surface area contributed by atoms with Crippen molar-refractivity contribution < 1.29 is 48.2 Å². The van der Waals surface area contributed by atoms with Crippen LogP contribution in [-0.2, 0) is 0 Å². The summed E-state index contributed by atoms with van der Waals surface area (Å²) in [5, 5.41) is 10.2. The van der Waals surface area contributed by atoms with Crippen LogP contribution in [0.15, 0.2) is 12.1 Å². The number of benzene rings is 1. The molecule has 0 aliphatic carbocycles. The first kappa shape index (κ1) is 12.3. The van der Waals surface area contributed by atoms with E-state index in [0.717, 1.165) is 6.07 Å². The number of aromatic carboxylic acids is 1. The van der Waals surface area contributed by atoms with Gasteiger partial charge in [0.25, 0.3) is 0 Å². The summed E-state index contributed by atoms with van der Waals surface area (Å²) in [6, 6.07) is 1.42. The molecule has 0 radical (unpaired) electrons. The number of nitrogens with two attached hydrogens (primary N) is 1. The van der Waals surface area contributed by atoms with Crippen LogP contribution in [0.5, 0.6) is 0 Å². The molecule has 0 saturated heterocycles. The Kier molecular flexibility index (Phi) is 4.32. The van der Waals surface area contributed by atoms with Gasteiger partial charge in [0.15, 0.2) is 0 Å². The molecular formula is C7H4F2NNaO2. The topological polar surface area (TPSA) is 66.2 Å². The van der Waals surface area contributed by atoms with E-state index >= 15 is 0 Å². The largest absolute Gasteiger partial charge is 1.00 e. The second-order valence-corrected chi connectivity index (χ2v) is 2.11. The molecule has 64 valence electrons. The molecule has 0 atom stereocenters. The number of anilines is 1. The average molecular weight is 195 g/mol. The van der Waals surface area contributed by atoms with Gasteiger partial charge in [0.05, 0.1) is 17.2 Å². The van der Waals surface area contributed by atoms with Gasteiger partial charge < -0.3 is 15.6 Å². The van der Waals surface area contributed by atoms with Crippen molar-refractivity contribution in [3.8, 4) is 0 Å². The standard InChI is InChI=1S/C7H5F2NO2.Na/c8-3-1-2-4(9)6(10)5(3)7(11)12;/h1-2H,10H2,(H,11,12);/q;+1/p-1. The van der Waals surface area contributed by atoms with E-state index in [-0.39, 0.29) is 29.6 Å². The summed E-state index contributed by atoms with van der Waals surface area (Å²) in [6.07, 6.45) is 0. The second-order valence-electron chi connectivity index (χ2n) is 2.11. The molecule has 1 rings (SSSR count). The monoisotopic (exact) mass is 195 g/mol. The van der Waals surface area contributed by atoms with Crippen molar-refractivity contribution in [3.05, 3.63) is 29.3 Å². The van der Waals surface area contributed by atoms with E-state index in [9.17, 15) is 18.7 Å². The number of hydrogen-bond donors (Lipinski definition) is 1. The Labute approximate surface area is 94.8 Å². The predicted octanol–water partition coefficient (Wildman–Crippen LogP) is -3.09. The predicted molar refractivity (Wildman–Crippen MR) is 35.1 cm³/mol. The number of carboxylic acid groups (broad SMARTS) is 1. The first-order valence-electron chi connectivity index (χ1n) is 2.99. The van der Waals surface area contributed by atoms with E-state index in [0.29, 0.717) is 6.07 Å². The van der Waals surface area contributed by atoms with Crippen molar-refractivity contribution in [1.82, 2.24) is 0 Å². The maximum atomic E-state index is 12.6. The molecule has 0 fully saturated rings. The number of carbonyl (C=O) groups excluding carboxylic acids is 1. The van der Waals surface area contributed by atoms with Crippen LogP contribution in [0.25, 0.3) is 0 Å². The van der Waals surface area contributed by atoms with Crippen molar-refractivity contribution in [2.24, 2.45) is 0 Å². The SMILES string of the molecule is Nc1c(F)ccc(F)c1C(=O)[O-].[Na+]. The Balaban J connectivity index is 0.00000144. The minimum Gasteiger partial charge on any atom is -0.545 e. The summed E-state index contributed by atoms with van der Waals surface area (Å²) < 4.78 is 25.2. The van der Waals surface area contributed by atoms with E-state index in [2.05, 4.69) is 0 Å². The molecule has 0 aliphatic rings. The van der Waals surface area contributed by atoms with E-state index in [1.807, 2.05) is 0 Å². The van der Waals surface area contributed by atoms with E-state index < -0.39 is 28.9 Å². The van der Waals surface area contributed by atoms with Crippen molar-refractivity contribution in [1.29, 1.82) is 0 Å². The van der Waals surface area contributed by atoms with Gasteiger partial charge in [-0.05, 0) is 12.1 Å². The molecule has 0 saturated carbocycles. The van der Waals surface area contributed by atoms with E-state index in [1.54, 1.807) is 0 Å². The third-order valence-corrected chi connectivity index (χ3v) is 1.35. The zero-order chi connectivity index (χ0) is 9.30. The van der Waals surface area contributed by atoms with Crippen LogP contribution in [0, 0.1) is 11.6 Å². The van der Waals surface area contributed by atoms with Crippen molar-refractivity contribution in [2.45, 2.75) is 0 Å². The van der Waals surface area contributed by atoms with Crippen LogP contribution in [0.3, 0.4) is 0 Å². The maximum absolute atomic E-state index is 12.6. The molecule has 0 spiro atoms. The number of hydrogen-bond acceptors (Lipinski definition) is 3. The normalized spacial score (nSPS) is 9.08. The van der Waals surface area contributed by atoms with Crippen LogP contribution in [0.1, 0.15) is 10.4 Å². The minimum absolute atomic E-state index is 0. The Morgan fingerprint density at radius 1 is 1.31 bits per heavy atom. The van der Waals surface area contributed by atoms with Crippen molar-refractivity contribution in [2.75, 3.05) is 5.73 Å². The van der Waals surface area contributed by atoms with Crippen LogP contribution >= 0.6 is 0 Å². The first-order chi connectivity index (χ1) is 5.54. The zero-order valence-corrected chi connectivity index (χ0v) is 8.80. The van der Waals surface area contributed by atoms with Crippen LogP contribution in [-0.4, -0.2) is 5.97 Å². The van der Waals surface area contributed by atoms with Crippen LogP contribution < -0.4 is 40.4 Å². The van der Waals surface area contributed by atoms with E-state index in [4.69, 9.17) is 5.73 Å². The molecule has 1 aromatic rings. The quantitative estimate of drug-likeness (QED) is 0.381. The van der Waals surface area contributed by atoms with Gasteiger partial charge in [-0.2, -0.15) is 0 Å². The molecule has 0 unspecified atom stereocenters. The fourth-order valence-electron chi connectivity index (χ4n) is 0.775. The molecule has 6 heteroatoms. The second kappa shape index (κ2) is 4.55. The Hall–Kier alpha value is -0.650. The minimum atomic E-state index is -1.83. The van der Waals surface area contributed by atoms with Gasteiger partial charge >= 0.3 is 29.6 Å². The smallest absolute Gasteiger partial charge is 0.545 e. The fourth-order valence-corrected chi connectivity index (χ4v) is 0.775. The van der Waals surface area contributed by atoms with Gasteiger partial charge in [0, 0.05) is 0 Å². The molecule has 13 heavy (non-hydrogen) atoms. The summed E-state index contributed by atoms with van der Waals surface area (Å²) in [7, 11) is 0. The van der Waals surface area contributed by atoms with E-state index in [1.165, 1.54) is 0 Å². The Morgan fingerprint density at radius 2 is 1.77 bits per heavy atom. The molecule has 0 aromatic heterocycles. The number of carbonyl (C=O) groups is 1. The van der Waals surface area contributed by atoms with Crippen molar-refractivity contribution in [3.63, 3.8) is 0 Å². The number of halogens is 2. The van der Waals surface area contributed by atoms with Gasteiger partial charge in [-0.25, -0.2) is 8.78 Å². The third kappa shape index (κ3) is 2.40. The van der Waals surface area contributed by atoms with Gasteiger partial charge in [0.1, 0.15) is 11.6 Å². The maximum Gasteiger partial charge on any atom is 1.00 e. The summed E-state index contributed by atoms with van der Waals surface area (Å²) >= 11 is 0. The Bertz CT molecular complexity index is 344. The molecular weight excluding hydrogens is 191 g/mol. The third-order valence-electron chi connectivity index (χ3n) is 1.35. The molecule has 0 aliphatic heterocycles. The molecule has 1 aromatic carbocycles. The fraction of sp³-hybridized carbons (Fsp3) is 0. The van der Waals surface area contributed by atoms with Gasteiger partial charge in [-0.3, -0.25) is 0 Å². The number of nitrogen functional groups attached to an aromatic ring is 1. The molecule has 3 nitrogen and oxygen atoms in total. The summed E-state index contributed by atoms with van der Waals surface area (Å²) in [5.74, 6) is -3.91. The number of carboxylic acids is 1. The average Bonchev–Trinajstić information content (AvgIpc) is 1.97. The summed E-state index contributed by atoms with van der Waals surface area (Å²) in [5.41, 5.74) is 3.27. The molecule has 0 bridgehead atoms. The number of rotatable bonds is 1. The summed E-state index contributed by atoms with van der Waals surface area (Å²) in [6.45, 7) is 0. The first-order valence-corrected chi connectivity index (χ1v) is 2.99. The molecule has 0 amide bonds. The van der Waals surface area contributed by atoms with Crippen LogP contribution in [0.2, 0.25) is 0 Å². The zero-order valence-electron chi connectivity index (χ0n) is 6.80. The summed E-state index contributed by atoms with van der Waals surface area (Å²) in [4.78, 5) is 10.2. The van der Waals surface area contributed by atoms with Crippen molar-refractivity contribution >= 4 is 11.7 Å². The van der Waals surface area contributed by atoms with Gasteiger partial charge in [0.2, 0.25) is 0 Å². The molecule has 0 heterocycles. The Morgan fingerprint density at radius 3 is 2.15 bits per heavy atom. The molecule has 2 N–H and O–H groups in total. The van der Waals surface area contributed by atoms with Gasteiger partial charge in [-0.15, -0.1) is 0 Å². The van der Waals surface area contributed by atoms with Gasteiger partial charge in [-0.1, -0.05) is 0 Å². The van der Waals surface area contributed by atoms with Crippen LogP contribution in [0.4, 0.5) is 14.5 Å².